The van der Waals surface area contributed by atoms with E-state index in [0.29, 0.717) is 11.6 Å². The molecule has 0 aliphatic carbocycles. The van der Waals surface area contributed by atoms with E-state index in [4.69, 9.17) is 4.42 Å². The predicted molar refractivity (Wildman–Crippen MR) is 99.8 cm³/mol. The van der Waals surface area contributed by atoms with Crippen LogP contribution >= 0.6 is 11.8 Å². The van der Waals surface area contributed by atoms with Gasteiger partial charge in [-0.2, -0.15) is 0 Å². The van der Waals surface area contributed by atoms with Gasteiger partial charge in [-0.05, 0) is 36.4 Å². The molecule has 126 valence electrons. The molecule has 2 aromatic carbocycles. The number of amides is 1. The van der Waals surface area contributed by atoms with Crippen molar-refractivity contribution in [2.24, 2.45) is 0 Å². The number of benzene rings is 2. The van der Waals surface area contributed by atoms with E-state index in [-0.39, 0.29) is 12.3 Å². The van der Waals surface area contributed by atoms with Crippen LogP contribution in [0.5, 0.6) is 0 Å². The van der Waals surface area contributed by atoms with E-state index in [9.17, 15) is 4.79 Å². The second-order valence-electron chi connectivity index (χ2n) is 5.90. The Labute approximate surface area is 150 Å². The molecule has 3 aromatic rings. The zero-order valence-corrected chi connectivity index (χ0v) is 14.5. The maximum absolute atomic E-state index is 12.9. The van der Waals surface area contributed by atoms with Gasteiger partial charge in [-0.25, -0.2) is 4.98 Å². The Morgan fingerprint density at radius 2 is 1.92 bits per heavy atom. The molecule has 1 aromatic heterocycles. The summed E-state index contributed by atoms with van der Waals surface area (Å²) in [5.74, 6) is 1.64. The monoisotopic (exact) mass is 350 g/mol. The number of thioether (sulfide) groups is 1. The molecule has 25 heavy (non-hydrogen) atoms. The Morgan fingerprint density at radius 1 is 1.12 bits per heavy atom. The Bertz CT molecular complexity index is 876. The lowest BCUT2D eigenvalue weighted by Crippen LogP contribution is -2.33. The van der Waals surface area contributed by atoms with Crippen LogP contribution in [0.25, 0.3) is 11.5 Å². The Balaban J connectivity index is 1.54. The molecule has 0 atom stereocenters. The number of hydrogen-bond donors (Lipinski definition) is 0. The highest BCUT2D eigenvalue weighted by Gasteiger charge is 2.22. The first kappa shape index (κ1) is 16.0. The number of aromatic nitrogens is 1. The zero-order valence-electron chi connectivity index (χ0n) is 13.7. The largest absolute Gasteiger partial charge is 0.444 e. The predicted octanol–water partition coefficient (Wildman–Crippen LogP) is 4.41. The SMILES string of the molecule is O=C(Cc1coc(-c2ccccc2)n1)N1CCCSc2ccccc21. The Morgan fingerprint density at radius 3 is 2.80 bits per heavy atom. The summed E-state index contributed by atoms with van der Waals surface area (Å²) in [6, 6.07) is 17.8. The minimum atomic E-state index is 0.0582. The zero-order chi connectivity index (χ0) is 17.1. The quantitative estimate of drug-likeness (QED) is 0.702. The van der Waals surface area contributed by atoms with Crippen molar-refractivity contribution >= 4 is 23.4 Å². The number of carbonyl (C=O) groups is 1. The van der Waals surface area contributed by atoms with Gasteiger partial charge in [0, 0.05) is 17.0 Å². The molecule has 2 heterocycles. The smallest absolute Gasteiger partial charge is 0.233 e. The molecule has 0 saturated carbocycles. The summed E-state index contributed by atoms with van der Waals surface area (Å²) in [7, 11) is 0. The molecule has 0 saturated heterocycles. The number of hydrogen-bond acceptors (Lipinski definition) is 4. The highest BCUT2D eigenvalue weighted by atomic mass is 32.2. The molecule has 0 radical (unpaired) electrons. The van der Waals surface area contributed by atoms with E-state index in [0.717, 1.165) is 30.0 Å². The van der Waals surface area contributed by atoms with Crippen molar-refractivity contribution in [2.75, 3.05) is 17.2 Å². The lowest BCUT2D eigenvalue weighted by molar-refractivity contribution is -0.118. The molecular weight excluding hydrogens is 332 g/mol. The van der Waals surface area contributed by atoms with Gasteiger partial charge in [0.25, 0.3) is 0 Å². The lowest BCUT2D eigenvalue weighted by atomic mass is 10.2. The summed E-state index contributed by atoms with van der Waals surface area (Å²) in [6.45, 7) is 0.742. The standard InChI is InChI=1S/C20H18N2O2S/c23-19(22-11-6-12-25-18-10-5-4-9-17(18)22)13-16-14-24-20(21-16)15-7-2-1-3-8-15/h1-5,7-10,14H,6,11-13H2. The van der Waals surface area contributed by atoms with Crippen LogP contribution in [0.2, 0.25) is 0 Å². The van der Waals surface area contributed by atoms with E-state index in [1.165, 1.54) is 4.90 Å². The summed E-state index contributed by atoms with van der Waals surface area (Å²) in [4.78, 5) is 20.4. The second kappa shape index (κ2) is 7.15. The first-order valence-electron chi connectivity index (χ1n) is 8.33. The molecule has 1 amide bonds. The molecule has 0 N–H and O–H groups in total. The van der Waals surface area contributed by atoms with Crippen LogP contribution in [0, 0.1) is 0 Å². The minimum Gasteiger partial charge on any atom is -0.444 e. The molecule has 1 aliphatic rings. The van der Waals surface area contributed by atoms with Gasteiger partial charge < -0.3 is 9.32 Å². The summed E-state index contributed by atoms with van der Waals surface area (Å²) in [5, 5.41) is 0. The van der Waals surface area contributed by atoms with E-state index >= 15 is 0 Å². The molecule has 0 fully saturated rings. The van der Waals surface area contributed by atoms with Crippen LogP contribution in [0.1, 0.15) is 12.1 Å². The van der Waals surface area contributed by atoms with Gasteiger partial charge in [-0.15, -0.1) is 11.8 Å². The fourth-order valence-electron chi connectivity index (χ4n) is 2.94. The van der Waals surface area contributed by atoms with Gasteiger partial charge >= 0.3 is 0 Å². The van der Waals surface area contributed by atoms with Gasteiger partial charge in [-0.3, -0.25) is 4.79 Å². The number of nitrogens with zero attached hydrogens (tertiary/aromatic N) is 2. The highest BCUT2D eigenvalue weighted by Crippen LogP contribution is 2.33. The molecule has 5 heteroatoms. The van der Waals surface area contributed by atoms with Crippen LogP contribution < -0.4 is 4.90 Å². The summed E-state index contributed by atoms with van der Waals surface area (Å²) in [5.41, 5.74) is 2.58. The van der Waals surface area contributed by atoms with Crippen molar-refractivity contribution < 1.29 is 9.21 Å². The van der Waals surface area contributed by atoms with Gasteiger partial charge in [-0.1, -0.05) is 30.3 Å². The van der Waals surface area contributed by atoms with Gasteiger partial charge in [0.15, 0.2) is 0 Å². The first-order chi connectivity index (χ1) is 12.3. The number of oxazole rings is 1. The second-order valence-corrected chi connectivity index (χ2v) is 7.04. The molecule has 1 aliphatic heterocycles. The summed E-state index contributed by atoms with van der Waals surface area (Å²) < 4.78 is 5.55. The Hall–Kier alpha value is -2.53. The number of rotatable bonds is 3. The third-order valence-electron chi connectivity index (χ3n) is 4.15. The van der Waals surface area contributed by atoms with Gasteiger partial charge in [0.05, 0.1) is 17.8 Å². The van der Waals surface area contributed by atoms with Gasteiger partial charge in [0.2, 0.25) is 11.8 Å². The van der Waals surface area contributed by atoms with Crippen LogP contribution in [-0.2, 0) is 11.2 Å². The van der Waals surface area contributed by atoms with E-state index in [1.807, 2.05) is 65.2 Å². The van der Waals surface area contributed by atoms with Crippen molar-refractivity contribution in [3.05, 3.63) is 66.6 Å². The van der Waals surface area contributed by atoms with E-state index in [1.54, 1.807) is 6.26 Å². The van der Waals surface area contributed by atoms with Crippen molar-refractivity contribution in [3.8, 4) is 11.5 Å². The average molecular weight is 350 g/mol. The van der Waals surface area contributed by atoms with Crippen molar-refractivity contribution in [1.29, 1.82) is 0 Å². The Kier molecular flexibility index (Phi) is 4.57. The topological polar surface area (TPSA) is 46.3 Å². The molecular formula is C20H18N2O2S. The fourth-order valence-corrected chi connectivity index (χ4v) is 3.93. The molecule has 0 spiro atoms. The normalized spacial score (nSPS) is 14.0. The minimum absolute atomic E-state index is 0.0582. The average Bonchev–Trinajstić information content (AvgIpc) is 3.00. The van der Waals surface area contributed by atoms with E-state index < -0.39 is 0 Å². The number of fused-ring (bicyclic) bond motifs is 1. The summed E-state index contributed by atoms with van der Waals surface area (Å²) in [6.07, 6.45) is 2.81. The highest BCUT2D eigenvalue weighted by molar-refractivity contribution is 7.99. The number of carbonyl (C=O) groups excluding carboxylic acids is 1. The molecule has 0 unspecified atom stereocenters. The van der Waals surface area contributed by atoms with Crippen LogP contribution in [0.3, 0.4) is 0 Å². The van der Waals surface area contributed by atoms with Crippen molar-refractivity contribution in [3.63, 3.8) is 0 Å². The maximum Gasteiger partial charge on any atom is 0.233 e. The molecule has 4 nitrogen and oxygen atoms in total. The van der Waals surface area contributed by atoms with Crippen LogP contribution in [0.4, 0.5) is 5.69 Å². The third kappa shape index (κ3) is 3.46. The lowest BCUT2D eigenvalue weighted by Gasteiger charge is -2.22. The summed E-state index contributed by atoms with van der Waals surface area (Å²) >= 11 is 1.81. The first-order valence-corrected chi connectivity index (χ1v) is 9.32. The van der Waals surface area contributed by atoms with Crippen LogP contribution in [-0.4, -0.2) is 23.2 Å². The van der Waals surface area contributed by atoms with Crippen LogP contribution in [0.15, 0.2) is 70.2 Å². The molecule has 4 rings (SSSR count). The van der Waals surface area contributed by atoms with E-state index in [2.05, 4.69) is 11.1 Å². The number of anilines is 1. The van der Waals surface area contributed by atoms with Crippen molar-refractivity contribution in [2.45, 2.75) is 17.7 Å². The van der Waals surface area contributed by atoms with Gasteiger partial charge in [0.1, 0.15) is 6.26 Å². The number of para-hydroxylation sites is 1. The maximum atomic E-state index is 12.9. The van der Waals surface area contributed by atoms with Crippen molar-refractivity contribution in [1.82, 2.24) is 4.98 Å². The molecule has 0 bridgehead atoms. The third-order valence-corrected chi connectivity index (χ3v) is 5.29. The fraction of sp³-hybridized carbons (Fsp3) is 0.200.